The summed E-state index contributed by atoms with van der Waals surface area (Å²) in [5, 5.41) is 10.5. The zero-order chi connectivity index (χ0) is 12.5. The maximum absolute atomic E-state index is 10.5. The molecule has 1 unspecified atom stereocenters. The molecule has 1 aromatic rings. The monoisotopic (exact) mass is 234 g/mol. The molecule has 1 aliphatic rings. The van der Waals surface area contributed by atoms with Gasteiger partial charge in [0.1, 0.15) is 0 Å². The molecule has 3 N–H and O–H groups in total. The third-order valence-corrected chi connectivity index (χ3v) is 3.73. The van der Waals surface area contributed by atoms with Gasteiger partial charge in [0.2, 0.25) is 0 Å². The van der Waals surface area contributed by atoms with Crippen molar-refractivity contribution in [1.29, 1.82) is 0 Å². The number of aryl methyl sites for hydroxylation is 1. The van der Waals surface area contributed by atoms with Gasteiger partial charge >= 0.3 is 0 Å². The van der Waals surface area contributed by atoms with Crippen LogP contribution in [0, 0.1) is 12.8 Å². The molecule has 1 aliphatic carbocycles. The van der Waals surface area contributed by atoms with E-state index in [1.165, 1.54) is 11.3 Å². The molecule has 0 aliphatic heterocycles. The third-order valence-electron chi connectivity index (χ3n) is 3.73. The maximum atomic E-state index is 10.5. The fourth-order valence-electron chi connectivity index (χ4n) is 2.47. The van der Waals surface area contributed by atoms with Crippen LogP contribution in [0.4, 0.5) is 5.69 Å². The van der Waals surface area contributed by atoms with Crippen LogP contribution in [0.2, 0.25) is 0 Å². The molecule has 0 heterocycles. The van der Waals surface area contributed by atoms with E-state index in [1.54, 1.807) is 0 Å². The van der Waals surface area contributed by atoms with Crippen molar-refractivity contribution in [1.82, 2.24) is 0 Å². The van der Waals surface area contributed by atoms with Crippen LogP contribution in [-0.4, -0.2) is 30.8 Å². The van der Waals surface area contributed by atoms with Crippen molar-refractivity contribution in [3.05, 3.63) is 29.8 Å². The highest BCUT2D eigenvalue weighted by molar-refractivity contribution is 5.52. The molecule has 1 fully saturated rings. The first-order valence-corrected chi connectivity index (χ1v) is 6.26. The van der Waals surface area contributed by atoms with Gasteiger partial charge in [-0.1, -0.05) is 18.2 Å². The van der Waals surface area contributed by atoms with Crippen LogP contribution in [0.5, 0.6) is 0 Å². The Hall–Kier alpha value is -1.06. The average molecular weight is 234 g/mol. The predicted molar refractivity (Wildman–Crippen MR) is 71.2 cm³/mol. The van der Waals surface area contributed by atoms with Crippen LogP contribution in [0.1, 0.15) is 18.4 Å². The SMILES string of the molecule is Cc1ccccc1N(C)CC(O)(CN)C1CC1. The Kier molecular flexibility index (Phi) is 3.40. The van der Waals surface area contributed by atoms with Crippen molar-refractivity contribution in [3.8, 4) is 0 Å². The lowest BCUT2D eigenvalue weighted by molar-refractivity contribution is 0.0344. The highest BCUT2D eigenvalue weighted by Gasteiger charge is 2.43. The number of aliphatic hydroxyl groups is 1. The van der Waals surface area contributed by atoms with Crippen LogP contribution in [0.25, 0.3) is 0 Å². The Bertz CT molecular complexity index is 390. The van der Waals surface area contributed by atoms with Gasteiger partial charge in [0, 0.05) is 25.8 Å². The van der Waals surface area contributed by atoms with E-state index in [1.807, 2.05) is 19.2 Å². The third kappa shape index (κ3) is 2.61. The van der Waals surface area contributed by atoms with Gasteiger partial charge in [0.05, 0.1) is 5.60 Å². The smallest absolute Gasteiger partial charge is 0.0970 e. The van der Waals surface area contributed by atoms with Crippen molar-refractivity contribution in [2.24, 2.45) is 11.7 Å². The molecule has 0 saturated heterocycles. The highest BCUT2D eigenvalue weighted by atomic mass is 16.3. The van der Waals surface area contributed by atoms with Gasteiger partial charge < -0.3 is 15.7 Å². The molecular formula is C14H22N2O. The molecule has 0 radical (unpaired) electrons. The minimum Gasteiger partial charge on any atom is -0.386 e. The van der Waals surface area contributed by atoms with E-state index in [4.69, 9.17) is 5.73 Å². The van der Waals surface area contributed by atoms with Crippen molar-refractivity contribution in [2.75, 3.05) is 25.0 Å². The molecule has 94 valence electrons. The Labute approximate surface area is 103 Å². The first-order valence-electron chi connectivity index (χ1n) is 6.26. The fourth-order valence-corrected chi connectivity index (χ4v) is 2.47. The van der Waals surface area contributed by atoms with E-state index in [-0.39, 0.29) is 0 Å². The van der Waals surface area contributed by atoms with Crippen LogP contribution in [-0.2, 0) is 0 Å². The molecule has 17 heavy (non-hydrogen) atoms. The Morgan fingerprint density at radius 1 is 1.41 bits per heavy atom. The lowest BCUT2D eigenvalue weighted by Gasteiger charge is -2.33. The minimum absolute atomic E-state index is 0.341. The maximum Gasteiger partial charge on any atom is 0.0970 e. The van der Waals surface area contributed by atoms with Gasteiger partial charge in [-0.15, -0.1) is 0 Å². The molecule has 0 spiro atoms. The first kappa shape index (κ1) is 12.4. The molecule has 0 bridgehead atoms. The average Bonchev–Trinajstić information content (AvgIpc) is 3.13. The summed E-state index contributed by atoms with van der Waals surface area (Å²) < 4.78 is 0. The van der Waals surface area contributed by atoms with E-state index < -0.39 is 5.60 Å². The number of nitrogens with zero attached hydrogens (tertiary/aromatic N) is 1. The molecule has 2 rings (SSSR count). The van der Waals surface area contributed by atoms with Gasteiger partial charge in [0.15, 0.2) is 0 Å². The summed E-state index contributed by atoms with van der Waals surface area (Å²) in [4.78, 5) is 2.11. The zero-order valence-electron chi connectivity index (χ0n) is 10.7. The summed E-state index contributed by atoms with van der Waals surface area (Å²) in [6.07, 6.45) is 2.21. The summed E-state index contributed by atoms with van der Waals surface area (Å²) in [5.41, 5.74) is 7.40. The lowest BCUT2D eigenvalue weighted by atomic mass is 9.97. The second kappa shape index (κ2) is 4.67. The highest BCUT2D eigenvalue weighted by Crippen LogP contribution is 2.40. The van der Waals surface area contributed by atoms with E-state index in [2.05, 4.69) is 24.0 Å². The standard InChI is InChI=1S/C14H22N2O/c1-11-5-3-4-6-13(11)16(2)10-14(17,9-15)12-7-8-12/h3-6,12,17H,7-10,15H2,1-2H3. The lowest BCUT2D eigenvalue weighted by Crippen LogP contribution is -2.49. The quantitative estimate of drug-likeness (QED) is 0.812. The van der Waals surface area contributed by atoms with Crippen LogP contribution < -0.4 is 10.6 Å². The Balaban J connectivity index is 2.10. The van der Waals surface area contributed by atoms with Crippen molar-refractivity contribution < 1.29 is 5.11 Å². The summed E-state index contributed by atoms with van der Waals surface area (Å²) in [7, 11) is 2.02. The van der Waals surface area contributed by atoms with Crippen LogP contribution in [0.15, 0.2) is 24.3 Å². The summed E-state index contributed by atoms with van der Waals surface area (Å²) in [6.45, 7) is 3.04. The topological polar surface area (TPSA) is 49.5 Å². The van der Waals surface area contributed by atoms with Crippen LogP contribution >= 0.6 is 0 Å². The number of nitrogens with two attached hydrogens (primary N) is 1. The predicted octanol–water partition coefficient (Wildman–Crippen LogP) is 1.53. The van der Waals surface area contributed by atoms with E-state index in [0.29, 0.717) is 19.0 Å². The van der Waals surface area contributed by atoms with Gasteiger partial charge in [-0.25, -0.2) is 0 Å². The second-order valence-electron chi connectivity index (χ2n) is 5.22. The Morgan fingerprint density at radius 3 is 2.59 bits per heavy atom. The number of likely N-dealkylation sites (N-methyl/N-ethyl adjacent to an activating group) is 1. The molecule has 3 heteroatoms. The number of para-hydroxylation sites is 1. The summed E-state index contributed by atoms with van der Waals surface area (Å²) >= 11 is 0. The first-order chi connectivity index (χ1) is 8.07. The van der Waals surface area contributed by atoms with Gasteiger partial charge in [0.25, 0.3) is 0 Å². The molecule has 0 amide bonds. The van der Waals surface area contributed by atoms with Crippen molar-refractivity contribution in [2.45, 2.75) is 25.4 Å². The van der Waals surface area contributed by atoms with E-state index >= 15 is 0 Å². The number of benzene rings is 1. The van der Waals surface area contributed by atoms with E-state index in [0.717, 1.165) is 12.8 Å². The molecule has 0 aromatic heterocycles. The number of hydrogen-bond donors (Lipinski definition) is 2. The van der Waals surface area contributed by atoms with Crippen molar-refractivity contribution in [3.63, 3.8) is 0 Å². The zero-order valence-corrected chi connectivity index (χ0v) is 10.7. The molecular weight excluding hydrogens is 212 g/mol. The largest absolute Gasteiger partial charge is 0.386 e. The summed E-state index contributed by atoms with van der Waals surface area (Å²) in [5.74, 6) is 0.388. The normalized spacial score (nSPS) is 18.8. The molecule has 1 aromatic carbocycles. The van der Waals surface area contributed by atoms with Gasteiger partial charge in [-0.2, -0.15) is 0 Å². The number of rotatable bonds is 5. The van der Waals surface area contributed by atoms with Gasteiger partial charge in [-0.05, 0) is 37.3 Å². The number of hydrogen-bond acceptors (Lipinski definition) is 3. The molecule has 3 nitrogen and oxygen atoms in total. The second-order valence-corrected chi connectivity index (χ2v) is 5.22. The van der Waals surface area contributed by atoms with Crippen LogP contribution in [0.3, 0.4) is 0 Å². The van der Waals surface area contributed by atoms with Gasteiger partial charge in [-0.3, -0.25) is 0 Å². The Morgan fingerprint density at radius 2 is 2.06 bits per heavy atom. The minimum atomic E-state index is -0.725. The fraction of sp³-hybridized carbons (Fsp3) is 0.571. The van der Waals surface area contributed by atoms with E-state index in [9.17, 15) is 5.11 Å². The molecule has 1 atom stereocenters. The number of anilines is 1. The summed E-state index contributed by atoms with van der Waals surface area (Å²) in [6, 6.07) is 8.23. The molecule has 1 saturated carbocycles. The van der Waals surface area contributed by atoms with Crippen molar-refractivity contribution >= 4 is 5.69 Å².